The molecule has 0 aromatic heterocycles. The maximum Gasteiger partial charge on any atom is 0.327 e. The lowest BCUT2D eigenvalue weighted by atomic mass is 10.0. The highest BCUT2D eigenvalue weighted by molar-refractivity contribution is 6.01. The van der Waals surface area contributed by atoms with Gasteiger partial charge in [0.05, 0.1) is 0 Å². The number of carbonyl (C=O) groups is 2. The van der Waals surface area contributed by atoms with Crippen LogP contribution in [0.25, 0.3) is 0 Å². The molecular formula is C16H22N2O3. The summed E-state index contributed by atoms with van der Waals surface area (Å²) in [5, 5.41) is 12.2. The molecule has 5 heteroatoms. The molecule has 21 heavy (non-hydrogen) atoms. The second-order valence-electron chi connectivity index (χ2n) is 5.43. The molecule has 0 bridgehead atoms. The second-order valence-corrected chi connectivity index (χ2v) is 5.43. The number of carbonyl (C=O) groups excluding carboxylic acids is 1. The van der Waals surface area contributed by atoms with Crippen LogP contribution >= 0.6 is 0 Å². The molecular weight excluding hydrogens is 268 g/mol. The van der Waals surface area contributed by atoms with Gasteiger partial charge >= 0.3 is 12.0 Å². The first kappa shape index (κ1) is 15.4. The van der Waals surface area contributed by atoms with Crippen LogP contribution in [0.1, 0.15) is 32.3 Å². The van der Waals surface area contributed by atoms with E-state index in [1.807, 2.05) is 18.2 Å². The Kier molecular flexibility index (Phi) is 4.83. The van der Waals surface area contributed by atoms with Crippen LogP contribution in [0.3, 0.4) is 0 Å². The summed E-state index contributed by atoms with van der Waals surface area (Å²) >= 11 is 0. The van der Waals surface area contributed by atoms with Gasteiger partial charge < -0.3 is 10.4 Å². The van der Waals surface area contributed by atoms with Crippen LogP contribution in [0.5, 0.6) is 0 Å². The second kappa shape index (κ2) is 6.61. The molecule has 114 valence electrons. The third-order valence-corrected chi connectivity index (χ3v) is 4.18. The fraction of sp³-hybridized carbons (Fsp3) is 0.500. The molecule has 1 heterocycles. The van der Waals surface area contributed by atoms with Crippen LogP contribution in [-0.4, -0.2) is 29.7 Å². The average Bonchev–Trinajstić information content (AvgIpc) is 2.87. The van der Waals surface area contributed by atoms with Crippen molar-refractivity contribution in [3.8, 4) is 0 Å². The van der Waals surface area contributed by atoms with Crippen molar-refractivity contribution in [1.29, 1.82) is 0 Å². The summed E-state index contributed by atoms with van der Waals surface area (Å²) in [5.74, 6) is -0.543. The third-order valence-electron chi connectivity index (χ3n) is 4.18. The van der Waals surface area contributed by atoms with E-state index >= 15 is 0 Å². The Balaban J connectivity index is 2.15. The number of anilines is 1. The molecule has 0 spiro atoms. The zero-order valence-corrected chi connectivity index (χ0v) is 12.5. The van der Waals surface area contributed by atoms with Crippen molar-refractivity contribution in [1.82, 2.24) is 5.32 Å². The van der Waals surface area contributed by atoms with E-state index in [0.29, 0.717) is 24.6 Å². The van der Waals surface area contributed by atoms with E-state index in [4.69, 9.17) is 0 Å². The highest BCUT2D eigenvalue weighted by Gasteiger charge is 2.38. The van der Waals surface area contributed by atoms with Gasteiger partial charge in [-0.25, -0.2) is 9.59 Å². The first-order chi connectivity index (χ1) is 10.1. The van der Waals surface area contributed by atoms with Crippen LogP contribution in [0, 0.1) is 5.92 Å². The SMILES string of the molecule is CCC(CC)CNC(=O)N1c2ccccc2CC1C(=O)O. The van der Waals surface area contributed by atoms with Crippen molar-refractivity contribution in [3.05, 3.63) is 29.8 Å². The van der Waals surface area contributed by atoms with Gasteiger partial charge in [0.25, 0.3) is 0 Å². The van der Waals surface area contributed by atoms with Crippen molar-refractivity contribution in [2.75, 3.05) is 11.4 Å². The van der Waals surface area contributed by atoms with E-state index in [9.17, 15) is 14.7 Å². The summed E-state index contributed by atoms with van der Waals surface area (Å²) in [6, 6.07) is 6.23. The molecule has 1 aliphatic heterocycles. The maximum atomic E-state index is 12.4. The molecule has 2 rings (SSSR count). The Morgan fingerprint density at radius 2 is 2.00 bits per heavy atom. The van der Waals surface area contributed by atoms with Crippen molar-refractivity contribution in [2.24, 2.45) is 5.92 Å². The number of rotatable bonds is 5. The van der Waals surface area contributed by atoms with Crippen LogP contribution < -0.4 is 10.2 Å². The lowest BCUT2D eigenvalue weighted by Crippen LogP contribution is -2.48. The summed E-state index contributed by atoms with van der Waals surface area (Å²) < 4.78 is 0. The van der Waals surface area contributed by atoms with E-state index in [0.717, 1.165) is 18.4 Å². The van der Waals surface area contributed by atoms with Gasteiger partial charge in [0.15, 0.2) is 0 Å². The normalized spacial score (nSPS) is 16.9. The number of benzene rings is 1. The van der Waals surface area contributed by atoms with E-state index < -0.39 is 12.0 Å². The topological polar surface area (TPSA) is 69.6 Å². The fourth-order valence-electron chi connectivity index (χ4n) is 2.73. The lowest BCUT2D eigenvalue weighted by molar-refractivity contribution is -0.138. The summed E-state index contributed by atoms with van der Waals surface area (Å²) in [6.45, 7) is 4.76. The number of carboxylic acids is 1. The van der Waals surface area contributed by atoms with Gasteiger partial charge in [0, 0.05) is 18.7 Å². The number of hydrogen-bond acceptors (Lipinski definition) is 2. The molecule has 1 aliphatic rings. The van der Waals surface area contributed by atoms with E-state index in [1.54, 1.807) is 6.07 Å². The number of carboxylic acid groups (broad SMARTS) is 1. The third kappa shape index (κ3) is 3.17. The minimum Gasteiger partial charge on any atom is -0.480 e. The number of para-hydroxylation sites is 1. The maximum absolute atomic E-state index is 12.4. The Morgan fingerprint density at radius 3 is 2.62 bits per heavy atom. The summed E-state index contributed by atoms with van der Waals surface area (Å²) in [7, 11) is 0. The summed E-state index contributed by atoms with van der Waals surface area (Å²) in [6.07, 6.45) is 2.36. The molecule has 2 N–H and O–H groups in total. The molecule has 5 nitrogen and oxygen atoms in total. The van der Waals surface area contributed by atoms with Crippen molar-refractivity contribution in [2.45, 2.75) is 39.2 Å². The van der Waals surface area contributed by atoms with Crippen molar-refractivity contribution in [3.63, 3.8) is 0 Å². The average molecular weight is 290 g/mol. The first-order valence-corrected chi connectivity index (χ1v) is 7.46. The smallest absolute Gasteiger partial charge is 0.327 e. The van der Waals surface area contributed by atoms with Crippen LogP contribution in [-0.2, 0) is 11.2 Å². The largest absolute Gasteiger partial charge is 0.480 e. The van der Waals surface area contributed by atoms with Crippen LogP contribution in [0.2, 0.25) is 0 Å². The predicted octanol–water partition coefficient (Wildman–Crippen LogP) is 2.65. The van der Waals surface area contributed by atoms with Crippen LogP contribution in [0.4, 0.5) is 10.5 Å². The van der Waals surface area contributed by atoms with Gasteiger partial charge in [0.2, 0.25) is 0 Å². The fourth-order valence-corrected chi connectivity index (χ4v) is 2.73. The van der Waals surface area contributed by atoms with Gasteiger partial charge in [-0.3, -0.25) is 4.90 Å². The number of amides is 2. The standard InChI is InChI=1S/C16H22N2O3/c1-3-11(4-2)10-17-16(21)18-13-8-6-5-7-12(13)9-14(18)15(19)20/h5-8,11,14H,3-4,9-10H2,1-2H3,(H,17,21)(H,19,20). The van der Waals surface area contributed by atoms with Crippen LogP contribution in [0.15, 0.2) is 24.3 Å². The molecule has 0 saturated heterocycles. The van der Waals surface area contributed by atoms with Gasteiger partial charge in [-0.15, -0.1) is 0 Å². The Labute approximate surface area is 125 Å². The van der Waals surface area contributed by atoms with E-state index in [2.05, 4.69) is 19.2 Å². The highest BCUT2D eigenvalue weighted by Crippen LogP contribution is 2.32. The number of aliphatic carboxylic acids is 1. The summed E-state index contributed by atoms with van der Waals surface area (Å²) in [5.41, 5.74) is 1.61. The van der Waals surface area contributed by atoms with Gasteiger partial charge in [-0.2, -0.15) is 0 Å². The Bertz CT molecular complexity index is 526. The minimum atomic E-state index is -0.969. The zero-order chi connectivity index (χ0) is 15.4. The van der Waals surface area contributed by atoms with Crippen molar-refractivity contribution < 1.29 is 14.7 Å². The molecule has 1 unspecified atom stereocenters. The van der Waals surface area contributed by atoms with E-state index in [-0.39, 0.29) is 6.03 Å². The highest BCUT2D eigenvalue weighted by atomic mass is 16.4. The van der Waals surface area contributed by atoms with Gasteiger partial charge in [-0.1, -0.05) is 44.9 Å². The number of fused-ring (bicyclic) bond motifs is 1. The number of urea groups is 1. The molecule has 1 atom stereocenters. The summed E-state index contributed by atoms with van der Waals surface area (Å²) in [4.78, 5) is 25.2. The predicted molar refractivity (Wildman–Crippen MR) is 81.5 cm³/mol. The number of nitrogens with one attached hydrogen (secondary N) is 1. The molecule has 1 aromatic rings. The molecule has 1 aromatic carbocycles. The van der Waals surface area contributed by atoms with Crippen molar-refractivity contribution >= 4 is 17.7 Å². The first-order valence-electron chi connectivity index (χ1n) is 7.46. The molecule has 0 saturated carbocycles. The lowest BCUT2D eigenvalue weighted by Gasteiger charge is -2.24. The van der Waals surface area contributed by atoms with Gasteiger partial charge in [-0.05, 0) is 17.5 Å². The molecule has 0 aliphatic carbocycles. The Morgan fingerprint density at radius 1 is 1.33 bits per heavy atom. The molecule has 0 fully saturated rings. The zero-order valence-electron chi connectivity index (χ0n) is 12.5. The number of hydrogen-bond donors (Lipinski definition) is 2. The molecule has 0 radical (unpaired) electrons. The van der Waals surface area contributed by atoms with E-state index in [1.165, 1.54) is 4.90 Å². The quantitative estimate of drug-likeness (QED) is 0.876. The number of nitrogens with zero attached hydrogens (tertiary/aromatic N) is 1. The molecule has 2 amide bonds. The monoisotopic (exact) mass is 290 g/mol. The van der Waals surface area contributed by atoms with Gasteiger partial charge in [0.1, 0.15) is 6.04 Å². The Hall–Kier alpha value is -2.04. The minimum absolute atomic E-state index is 0.320.